The second kappa shape index (κ2) is 8.65. The van der Waals surface area contributed by atoms with Gasteiger partial charge in [0.2, 0.25) is 17.6 Å². The molecule has 1 aliphatic heterocycles. The van der Waals surface area contributed by atoms with Crippen molar-refractivity contribution in [2.75, 3.05) is 26.2 Å². The van der Waals surface area contributed by atoms with Crippen molar-refractivity contribution in [1.29, 1.82) is 0 Å². The minimum absolute atomic E-state index is 0.0459. The van der Waals surface area contributed by atoms with Crippen molar-refractivity contribution < 1.29 is 9.32 Å². The maximum atomic E-state index is 12.3. The Morgan fingerprint density at radius 2 is 1.78 bits per heavy atom. The predicted octanol–water partition coefficient (Wildman–Crippen LogP) is 3.69. The van der Waals surface area contributed by atoms with Gasteiger partial charge in [-0.1, -0.05) is 48.8 Å². The predicted molar refractivity (Wildman–Crippen MR) is 105 cm³/mol. The molecule has 6 nitrogen and oxygen atoms in total. The van der Waals surface area contributed by atoms with E-state index in [2.05, 4.69) is 42.7 Å². The molecule has 0 N–H and O–H groups in total. The van der Waals surface area contributed by atoms with E-state index in [1.165, 1.54) is 5.56 Å². The van der Waals surface area contributed by atoms with E-state index in [0.29, 0.717) is 24.1 Å². The van der Waals surface area contributed by atoms with Crippen LogP contribution < -0.4 is 0 Å². The SMILES string of the molecule is Cc1ccc(-c2noc(C(C)N3CCN(C(=O)CCC(C)C)CC3)n2)cc1. The molecule has 1 saturated heterocycles. The van der Waals surface area contributed by atoms with E-state index >= 15 is 0 Å². The van der Waals surface area contributed by atoms with Crippen LogP contribution in [0.5, 0.6) is 0 Å². The number of hydrogen-bond acceptors (Lipinski definition) is 5. The fourth-order valence-electron chi connectivity index (χ4n) is 3.31. The molecule has 0 aliphatic carbocycles. The van der Waals surface area contributed by atoms with Gasteiger partial charge in [-0.15, -0.1) is 0 Å². The molecule has 2 heterocycles. The van der Waals surface area contributed by atoms with E-state index in [4.69, 9.17) is 4.52 Å². The minimum Gasteiger partial charge on any atom is -0.340 e. The summed E-state index contributed by atoms with van der Waals surface area (Å²) in [5, 5.41) is 4.14. The van der Waals surface area contributed by atoms with Crippen molar-refractivity contribution in [3.8, 4) is 11.4 Å². The van der Waals surface area contributed by atoms with Crippen LogP contribution in [0.25, 0.3) is 11.4 Å². The van der Waals surface area contributed by atoms with Crippen LogP contribution in [-0.2, 0) is 4.79 Å². The van der Waals surface area contributed by atoms with Crippen LogP contribution >= 0.6 is 0 Å². The quantitative estimate of drug-likeness (QED) is 0.776. The summed E-state index contributed by atoms with van der Waals surface area (Å²) in [4.78, 5) is 21.2. The second-order valence-corrected chi connectivity index (χ2v) is 7.85. The lowest BCUT2D eigenvalue weighted by Crippen LogP contribution is -2.49. The molecule has 6 heteroatoms. The van der Waals surface area contributed by atoms with Crippen LogP contribution in [0.4, 0.5) is 0 Å². The highest BCUT2D eigenvalue weighted by atomic mass is 16.5. The molecule has 2 aromatic rings. The van der Waals surface area contributed by atoms with Gasteiger partial charge in [0.25, 0.3) is 0 Å². The highest BCUT2D eigenvalue weighted by Gasteiger charge is 2.27. The number of nitrogens with zero attached hydrogens (tertiary/aromatic N) is 4. The largest absolute Gasteiger partial charge is 0.340 e. The summed E-state index contributed by atoms with van der Waals surface area (Å²) in [5.74, 6) is 2.09. The topological polar surface area (TPSA) is 62.5 Å². The number of rotatable bonds is 6. The molecule has 146 valence electrons. The summed E-state index contributed by atoms with van der Waals surface area (Å²) in [5.41, 5.74) is 2.17. The zero-order valence-electron chi connectivity index (χ0n) is 16.8. The Kier molecular flexibility index (Phi) is 6.26. The third-order valence-electron chi connectivity index (χ3n) is 5.26. The standard InChI is InChI=1S/C21H30N4O2/c1-15(2)5-10-19(26)25-13-11-24(12-14-25)17(4)21-22-20(23-27-21)18-8-6-16(3)7-9-18/h6-9,15,17H,5,10-14H2,1-4H3. The highest BCUT2D eigenvalue weighted by Crippen LogP contribution is 2.24. The molecule has 0 radical (unpaired) electrons. The Hall–Kier alpha value is -2.21. The molecule has 1 aliphatic rings. The van der Waals surface area contributed by atoms with Crippen LogP contribution in [-0.4, -0.2) is 52.0 Å². The summed E-state index contributed by atoms with van der Waals surface area (Å²) >= 11 is 0. The summed E-state index contributed by atoms with van der Waals surface area (Å²) in [6.07, 6.45) is 1.61. The van der Waals surface area contributed by atoms with Crippen LogP contribution in [0.15, 0.2) is 28.8 Å². The van der Waals surface area contributed by atoms with Gasteiger partial charge in [-0.25, -0.2) is 0 Å². The summed E-state index contributed by atoms with van der Waals surface area (Å²) in [6.45, 7) is 11.6. The van der Waals surface area contributed by atoms with Crippen LogP contribution in [0, 0.1) is 12.8 Å². The number of aromatic nitrogens is 2. The molecule has 0 bridgehead atoms. The maximum Gasteiger partial charge on any atom is 0.244 e. The van der Waals surface area contributed by atoms with Gasteiger partial charge >= 0.3 is 0 Å². The van der Waals surface area contributed by atoms with Gasteiger partial charge in [0, 0.05) is 38.2 Å². The number of carbonyl (C=O) groups excluding carboxylic acids is 1. The van der Waals surface area contributed by atoms with E-state index in [1.807, 2.05) is 29.2 Å². The first-order valence-corrected chi connectivity index (χ1v) is 9.86. The molecule has 1 aromatic carbocycles. The fraction of sp³-hybridized carbons (Fsp3) is 0.571. The number of piperazine rings is 1. The van der Waals surface area contributed by atoms with E-state index in [1.54, 1.807) is 0 Å². The van der Waals surface area contributed by atoms with Crippen LogP contribution in [0.1, 0.15) is 51.1 Å². The molecular weight excluding hydrogens is 340 g/mol. The van der Waals surface area contributed by atoms with Gasteiger partial charge in [-0.05, 0) is 26.2 Å². The van der Waals surface area contributed by atoms with Gasteiger partial charge in [-0.3, -0.25) is 9.69 Å². The first-order chi connectivity index (χ1) is 12.9. The van der Waals surface area contributed by atoms with Gasteiger partial charge in [-0.2, -0.15) is 4.98 Å². The van der Waals surface area contributed by atoms with Crippen molar-refractivity contribution in [2.45, 2.75) is 46.6 Å². The highest BCUT2D eigenvalue weighted by molar-refractivity contribution is 5.76. The third-order valence-corrected chi connectivity index (χ3v) is 5.26. The van der Waals surface area contributed by atoms with E-state index in [-0.39, 0.29) is 11.9 Å². The van der Waals surface area contributed by atoms with Crippen LogP contribution in [0.2, 0.25) is 0 Å². The van der Waals surface area contributed by atoms with E-state index in [0.717, 1.165) is 38.2 Å². The third kappa shape index (κ3) is 4.95. The Bertz CT molecular complexity index is 746. The Morgan fingerprint density at radius 1 is 1.11 bits per heavy atom. The van der Waals surface area contributed by atoms with Crippen LogP contribution in [0.3, 0.4) is 0 Å². The number of carbonyl (C=O) groups is 1. The molecule has 1 unspecified atom stereocenters. The summed E-state index contributed by atoms with van der Waals surface area (Å²) < 4.78 is 5.52. The van der Waals surface area contributed by atoms with Gasteiger partial charge in [0.1, 0.15) is 0 Å². The fourth-order valence-corrected chi connectivity index (χ4v) is 3.31. The molecule has 0 spiro atoms. The lowest BCUT2D eigenvalue weighted by molar-refractivity contribution is -0.133. The van der Waals surface area contributed by atoms with Gasteiger partial charge < -0.3 is 9.42 Å². The molecule has 3 rings (SSSR count). The first kappa shape index (κ1) is 19.5. The zero-order valence-corrected chi connectivity index (χ0v) is 16.8. The van der Waals surface area contributed by atoms with Crippen molar-refractivity contribution in [3.05, 3.63) is 35.7 Å². The Morgan fingerprint density at radius 3 is 2.41 bits per heavy atom. The van der Waals surface area contributed by atoms with Crippen molar-refractivity contribution in [2.24, 2.45) is 5.92 Å². The molecule has 27 heavy (non-hydrogen) atoms. The van der Waals surface area contributed by atoms with E-state index in [9.17, 15) is 4.79 Å². The summed E-state index contributed by atoms with van der Waals surface area (Å²) in [6, 6.07) is 8.16. The van der Waals surface area contributed by atoms with Crippen molar-refractivity contribution >= 4 is 5.91 Å². The molecule has 1 atom stereocenters. The molecular formula is C21H30N4O2. The van der Waals surface area contributed by atoms with Gasteiger partial charge in [0.05, 0.1) is 6.04 Å². The molecule has 1 aromatic heterocycles. The zero-order chi connectivity index (χ0) is 19.4. The Labute approximate surface area is 161 Å². The Balaban J connectivity index is 1.56. The average Bonchev–Trinajstić information content (AvgIpc) is 3.16. The van der Waals surface area contributed by atoms with Gasteiger partial charge in [0.15, 0.2) is 0 Å². The minimum atomic E-state index is 0.0459. The summed E-state index contributed by atoms with van der Waals surface area (Å²) in [7, 11) is 0. The monoisotopic (exact) mass is 370 g/mol. The lowest BCUT2D eigenvalue weighted by Gasteiger charge is -2.37. The lowest BCUT2D eigenvalue weighted by atomic mass is 10.1. The molecule has 0 saturated carbocycles. The smallest absolute Gasteiger partial charge is 0.244 e. The average molecular weight is 370 g/mol. The van der Waals surface area contributed by atoms with Crippen molar-refractivity contribution in [3.63, 3.8) is 0 Å². The number of aryl methyl sites for hydroxylation is 1. The van der Waals surface area contributed by atoms with Crippen molar-refractivity contribution in [1.82, 2.24) is 19.9 Å². The second-order valence-electron chi connectivity index (χ2n) is 7.85. The normalized spacial score (nSPS) is 16.7. The molecule has 1 amide bonds. The first-order valence-electron chi connectivity index (χ1n) is 9.86. The molecule has 1 fully saturated rings. The number of hydrogen-bond donors (Lipinski definition) is 0. The number of benzene rings is 1. The maximum absolute atomic E-state index is 12.3. The van der Waals surface area contributed by atoms with E-state index < -0.39 is 0 Å². The number of amides is 1.